The highest BCUT2D eigenvalue weighted by Crippen LogP contribution is 2.03. The number of pyridine rings is 1. The van der Waals surface area contributed by atoms with E-state index in [1.165, 1.54) is 17.5 Å². The molecule has 2 rings (SSSR count). The first-order valence-corrected chi connectivity index (χ1v) is 5.57. The van der Waals surface area contributed by atoms with Crippen molar-refractivity contribution in [2.45, 2.75) is 6.54 Å². The van der Waals surface area contributed by atoms with Crippen molar-refractivity contribution in [1.29, 1.82) is 0 Å². The van der Waals surface area contributed by atoms with Crippen molar-refractivity contribution in [2.24, 2.45) is 0 Å². The number of aromatic nitrogens is 2. The minimum absolute atomic E-state index is 0.180. The third-order valence-electron chi connectivity index (χ3n) is 1.96. The van der Waals surface area contributed by atoms with Gasteiger partial charge in [0.2, 0.25) is 0 Å². The highest BCUT2D eigenvalue weighted by Gasteiger charge is 2.05. The summed E-state index contributed by atoms with van der Waals surface area (Å²) in [4.78, 5) is 19.5. The molecule has 6 heteroatoms. The first-order valence-electron chi connectivity index (χ1n) is 4.62. The normalized spacial score (nSPS) is 10.0. The molecule has 0 atom stereocenters. The predicted molar refractivity (Wildman–Crippen MR) is 61.9 cm³/mol. The molecule has 2 aromatic rings. The number of nitrogen functional groups attached to an aromatic ring is 1. The highest BCUT2D eigenvalue weighted by atomic mass is 32.1. The molecule has 0 unspecified atom stereocenters. The van der Waals surface area contributed by atoms with Gasteiger partial charge in [-0.15, -0.1) is 11.3 Å². The molecule has 0 aliphatic rings. The summed E-state index contributed by atoms with van der Waals surface area (Å²) in [5, 5.41) is 4.64. The molecule has 2 aromatic heterocycles. The van der Waals surface area contributed by atoms with Gasteiger partial charge in [-0.1, -0.05) is 0 Å². The average Bonchev–Trinajstić information content (AvgIpc) is 2.80. The van der Waals surface area contributed by atoms with Gasteiger partial charge in [0.25, 0.3) is 5.91 Å². The van der Waals surface area contributed by atoms with Crippen molar-refractivity contribution >= 4 is 23.1 Å². The summed E-state index contributed by atoms with van der Waals surface area (Å²) in [5.74, 6) is 0.219. The first kappa shape index (κ1) is 10.6. The van der Waals surface area contributed by atoms with E-state index in [-0.39, 0.29) is 5.91 Å². The average molecular weight is 234 g/mol. The van der Waals surface area contributed by atoms with E-state index in [0.717, 1.165) is 5.69 Å². The molecule has 82 valence electrons. The smallest absolute Gasteiger partial charge is 0.253 e. The lowest BCUT2D eigenvalue weighted by molar-refractivity contribution is 0.0950. The number of nitrogens with one attached hydrogen (secondary N) is 1. The Kier molecular flexibility index (Phi) is 3.11. The van der Waals surface area contributed by atoms with Crippen molar-refractivity contribution in [2.75, 3.05) is 5.73 Å². The molecule has 0 bridgehead atoms. The van der Waals surface area contributed by atoms with Crippen LogP contribution in [-0.2, 0) is 6.54 Å². The summed E-state index contributed by atoms with van der Waals surface area (Å²) in [7, 11) is 0. The minimum Gasteiger partial charge on any atom is -0.384 e. The molecule has 1 amide bonds. The molecule has 0 aliphatic heterocycles. The lowest BCUT2D eigenvalue weighted by atomic mass is 10.2. The van der Waals surface area contributed by atoms with E-state index in [9.17, 15) is 4.79 Å². The number of nitrogens with zero attached hydrogens (tertiary/aromatic N) is 2. The van der Waals surface area contributed by atoms with Crippen LogP contribution in [0.5, 0.6) is 0 Å². The minimum atomic E-state index is -0.180. The van der Waals surface area contributed by atoms with E-state index in [2.05, 4.69) is 15.3 Å². The molecule has 5 nitrogen and oxygen atoms in total. The van der Waals surface area contributed by atoms with Gasteiger partial charge in [0.1, 0.15) is 5.82 Å². The van der Waals surface area contributed by atoms with Crippen molar-refractivity contribution in [1.82, 2.24) is 15.3 Å². The van der Waals surface area contributed by atoms with E-state index in [4.69, 9.17) is 5.73 Å². The standard InChI is InChI=1S/C10H10N4OS/c11-9-2-1-7(3-12-9)10(15)13-4-8-5-16-6-14-8/h1-3,5-6H,4H2,(H2,11,12)(H,13,15). The Morgan fingerprint density at radius 1 is 1.44 bits per heavy atom. The summed E-state index contributed by atoms with van der Waals surface area (Å²) in [6, 6.07) is 3.23. The highest BCUT2D eigenvalue weighted by molar-refractivity contribution is 7.07. The summed E-state index contributed by atoms with van der Waals surface area (Å²) in [5.41, 5.74) is 8.49. The number of hydrogen-bond donors (Lipinski definition) is 2. The van der Waals surface area contributed by atoms with Gasteiger partial charge in [0, 0.05) is 11.6 Å². The number of rotatable bonds is 3. The number of thiazole rings is 1. The number of anilines is 1. The third-order valence-corrected chi connectivity index (χ3v) is 2.60. The van der Waals surface area contributed by atoms with Gasteiger partial charge < -0.3 is 11.1 Å². The van der Waals surface area contributed by atoms with Crippen LogP contribution in [0.25, 0.3) is 0 Å². The molecule has 16 heavy (non-hydrogen) atoms. The number of amides is 1. The Morgan fingerprint density at radius 2 is 2.31 bits per heavy atom. The zero-order valence-electron chi connectivity index (χ0n) is 8.38. The SMILES string of the molecule is Nc1ccc(C(=O)NCc2cscn2)cn1. The lowest BCUT2D eigenvalue weighted by Crippen LogP contribution is -2.23. The first-order chi connectivity index (χ1) is 7.75. The number of hydrogen-bond acceptors (Lipinski definition) is 5. The van der Waals surface area contributed by atoms with Crippen molar-refractivity contribution in [3.63, 3.8) is 0 Å². The molecular formula is C10H10N4OS. The second kappa shape index (κ2) is 4.71. The van der Waals surface area contributed by atoms with Crippen LogP contribution in [-0.4, -0.2) is 15.9 Å². The molecule has 0 saturated carbocycles. The molecule has 0 aromatic carbocycles. The molecule has 0 fully saturated rings. The summed E-state index contributed by atoms with van der Waals surface area (Å²) < 4.78 is 0. The van der Waals surface area contributed by atoms with E-state index in [1.807, 2.05) is 5.38 Å². The quantitative estimate of drug-likeness (QED) is 0.831. The second-order valence-corrected chi connectivity index (χ2v) is 3.85. The molecule has 3 N–H and O–H groups in total. The van der Waals surface area contributed by atoms with Crippen LogP contribution in [0.2, 0.25) is 0 Å². The van der Waals surface area contributed by atoms with Gasteiger partial charge in [0.15, 0.2) is 0 Å². The Bertz CT molecular complexity index is 466. The number of nitrogens with two attached hydrogens (primary N) is 1. The van der Waals surface area contributed by atoms with Crippen LogP contribution in [0.4, 0.5) is 5.82 Å². The lowest BCUT2D eigenvalue weighted by Gasteiger charge is -2.02. The monoisotopic (exact) mass is 234 g/mol. The fourth-order valence-electron chi connectivity index (χ4n) is 1.14. The Hall–Kier alpha value is -1.95. The van der Waals surface area contributed by atoms with Gasteiger partial charge in [-0.05, 0) is 12.1 Å². The van der Waals surface area contributed by atoms with E-state index < -0.39 is 0 Å². The maximum atomic E-state index is 11.6. The van der Waals surface area contributed by atoms with E-state index in [0.29, 0.717) is 17.9 Å². The van der Waals surface area contributed by atoms with Gasteiger partial charge in [-0.25, -0.2) is 9.97 Å². The fourth-order valence-corrected chi connectivity index (χ4v) is 1.70. The third kappa shape index (κ3) is 2.54. The van der Waals surface area contributed by atoms with Crippen LogP contribution in [0, 0.1) is 0 Å². The fraction of sp³-hybridized carbons (Fsp3) is 0.100. The largest absolute Gasteiger partial charge is 0.384 e. The van der Waals surface area contributed by atoms with E-state index in [1.54, 1.807) is 17.6 Å². The predicted octanol–water partition coefficient (Wildman–Crippen LogP) is 1.05. The van der Waals surface area contributed by atoms with Crippen molar-refractivity contribution in [3.05, 3.63) is 40.5 Å². The van der Waals surface area contributed by atoms with Crippen LogP contribution in [0.15, 0.2) is 29.2 Å². The number of carbonyl (C=O) groups is 1. The van der Waals surface area contributed by atoms with Crippen LogP contribution >= 0.6 is 11.3 Å². The molecule has 0 spiro atoms. The molecule has 0 radical (unpaired) electrons. The Morgan fingerprint density at radius 3 is 2.94 bits per heavy atom. The van der Waals surface area contributed by atoms with Crippen LogP contribution in [0.1, 0.15) is 16.1 Å². The van der Waals surface area contributed by atoms with Gasteiger partial charge in [-0.2, -0.15) is 0 Å². The van der Waals surface area contributed by atoms with Crippen molar-refractivity contribution in [3.8, 4) is 0 Å². The topological polar surface area (TPSA) is 80.9 Å². The van der Waals surface area contributed by atoms with Crippen LogP contribution < -0.4 is 11.1 Å². The maximum absolute atomic E-state index is 11.6. The second-order valence-electron chi connectivity index (χ2n) is 3.13. The zero-order valence-corrected chi connectivity index (χ0v) is 9.20. The summed E-state index contributed by atoms with van der Waals surface area (Å²) in [6.07, 6.45) is 1.45. The summed E-state index contributed by atoms with van der Waals surface area (Å²) in [6.45, 7) is 0.423. The van der Waals surface area contributed by atoms with Gasteiger partial charge >= 0.3 is 0 Å². The zero-order chi connectivity index (χ0) is 11.4. The molecule has 0 aliphatic carbocycles. The summed E-state index contributed by atoms with van der Waals surface area (Å²) >= 11 is 1.50. The van der Waals surface area contributed by atoms with Gasteiger partial charge in [0.05, 0.1) is 23.3 Å². The number of carbonyl (C=O) groups excluding carboxylic acids is 1. The van der Waals surface area contributed by atoms with Gasteiger partial charge in [-0.3, -0.25) is 4.79 Å². The van der Waals surface area contributed by atoms with Crippen LogP contribution in [0.3, 0.4) is 0 Å². The van der Waals surface area contributed by atoms with E-state index >= 15 is 0 Å². The van der Waals surface area contributed by atoms with Crippen molar-refractivity contribution < 1.29 is 4.79 Å². The Balaban J connectivity index is 1.95. The maximum Gasteiger partial charge on any atom is 0.253 e. The molecular weight excluding hydrogens is 224 g/mol. The molecule has 0 saturated heterocycles. The Labute approximate surface area is 96.3 Å². The molecule has 2 heterocycles.